The summed E-state index contributed by atoms with van der Waals surface area (Å²) in [6, 6.07) is 9.26. The zero-order valence-electron chi connectivity index (χ0n) is 19.2. The number of amidine groups is 1. The summed E-state index contributed by atoms with van der Waals surface area (Å²) < 4.78 is 0. The molecule has 3 atom stereocenters. The molecular weight excluding hydrogens is 416 g/mol. The van der Waals surface area contributed by atoms with E-state index in [9.17, 15) is 5.11 Å². The van der Waals surface area contributed by atoms with Crippen LogP contribution in [-0.4, -0.2) is 56.1 Å². The minimum absolute atomic E-state index is 0.0344. The number of aliphatic hydroxyl groups is 1. The van der Waals surface area contributed by atoms with Crippen molar-refractivity contribution in [1.82, 2.24) is 14.9 Å². The van der Waals surface area contributed by atoms with Gasteiger partial charge in [-0.1, -0.05) is 0 Å². The minimum atomic E-state index is -1.21. The van der Waals surface area contributed by atoms with Crippen molar-refractivity contribution in [3.8, 4) is 6.07 Å². The number of aromatic nitrogens is 2. The van der Waals surface area contributed by atoms with Gasteiger partial charge in [0.05, 0.1) is 17.2 Å². The van der Waals surface area contributed by atoms with Crippen molar-refractivity contribution in [2.24, 2.45) is 5.73 Å². The van der Waals surface area contributed by atoms with Crippen LogP contribution in [0.25, 0.3) is 10.9 Å². The Morgan fingerprint density at radius 2 is 2.12 bits per heavy atom. The average molecular weight is 449 g/mol. The van der Waals surface area contributed by atoms with Crippen molar-refractivity contribution in [1.29, 1.82) is 10.7 Å². The summed E-state index contributed by atoms with van der Waals surface area (Å²) in [5, 5.41) is 34.7. The van der Waals surface area contributed by atoms with E-state index in [0.29, 0.717) is 24.3 Å². The molecule has 0 aliphatic carbocycles. The van der Waals surface area contributed by atoms with Crippen LogP contribution in [0.3, 0.4) is 0 Å². The summed E-state index contributed by atoms with van der Waals surface area (Å²) in [6.45, 7) is 4.00. The van der Waals surface area contributed by atoms with Gasteiger partial charge in [0.25, 0.3) is 0 Å². The van der Waals surface area contributed by atoms with Gasteiger partial charge in [-0.05, 0) is 51.7 Å². The number of nitrogens with one attached hydrogen (secondary N) is 3. The lowest BCUT2D eigenvalue weighted by Crippen LogP contribution is -2.47. The number of hydrogen-bond donors (Lipinski definition) is 5. The molecule has 0 amide bonds. The van der Waals surface area contributed by atoms with E-state index in [0.717, 1.165) is 36.1 Å². The number of pyridine rings is 2. The molecule has 2 aliphatic rings. The molecule has 2 aromatic rings. The van der Waals surface area contributed by atoms with E-state index < -0.39 is 5.60 Å². The highest BCUT2D eigenvalue weighted by atomic mass is 16.3. The standard InChI is InChI=1S/C24H32N8O/c1-24(2,33)20(26)14-21(27)30-22-13-19-18(5-3-9-28-19)23(31-22)29-15-11-16-6-7-17(12-15)32(16)10-4-8-25/h3,5,9,13-17,33H,4,6-7,10-12,26H2,1-2H3,(H3,27,29,30,31)/b20-14-/t15-,16-,17+. The molecule has 2 bridgehead atoms. The Bertz CT molecular complexity index is 1090. The molecule has 2 aliphatic heterocycles. The highest BCUT2D eigenvalue weighted by molar-refractivity contribution is 6.03. The van der Waals surface area contributed by atoms with Crippen LogP contribution in [0.1, 0.15) is 46.0 Å². The molecule has 2 saturated heterocycles. The number of piperidine rings is 1. The highest BCUT2D eigenvalue weighted by Gasteiger charge is 2.40. The first-order chi connectivity index (χ1) is 15.7. The van der Waals surface area contributed by atoms with Crippen LogP contribution in [0.2, 0.25) is 0 Å². The summed E-state index contributed by atoms with van der Waals surface area (Å²) in [6.07, 6.45) is 8.10. The number of nitriles is 1. The molecule has 9 nitrogen and oxygen atoms in total. The topological polar surface area (TPSA) is 147 Å². The van der Waals surface area contributed by atoms with Crippen molar-refractivity contribution in [2.45, 2.75) is 69.7 Å². The third-order valence-corrected chi connectivity index (χ3v) is 6.58. The average Bonchev–Trinajstić information content (AvgIpc) is 2.99. The van der Waals surface area contributed by atoms with Gasteiger partial charge < -0.3 is 21.5 Å². The first-order valence-corrected chi connectivity index (χ1v) is 11.4. The van der Waals surface area contributed by atoms with Crippen molar-refractivity contribution >= 4 is 28.4 Å². The molecule has 4 rings (SSSR count). The number of nitrogens with zero attached hydrogens (tertiary/aromatic N) is 4. The summed E-state index contributed by atoms with van der Waals surface area (Å²) in [5.74, 6) is 1.26. The third-order valence-electron chi connectivity index (χ3n) is 6.58. The van der Waals surface area contributed by atoms with Crippen LogP contribution >= 0.6 is 0 Å². The van der Waals surface area contributed by atoms with E-state index in [1.165, 1.54) is 18.9 Å². The number of fused-ring (bicyclic) bond motifs is 3. The van der Waals surface area contributed by atoms with Crippen LogP contribution < -0.4 is 16.4 Å². The quantitative estimate of drug-likeness (QED) is 0.321. The fourth-order valence-electron chi connectivity index (χ4n) is 4.89. The predicted octanol–water partition coefficient (Wildman–Crippen LogP) is 2.95. The Balaban J connectivity index is 1.53. The Morgan fingerprint density at radius 1 is 1.39 bits per heavy atom. The van der Waals surface area contributed by atoms with E-state index in [1.807, 2.05) is 12.1 Å². The largest absolute Gasteiger partial charge is 0.400 e. The lowest BCUT2D eigenvalue weighted by atomic mass is 9.97. The smallest absolute Gasteiger partial charge is 0.138 e. The van der Waals surface area contributed by atoms with Crippen molar-refractivity contribution in [2.75, 3.05) is 17.2 Å². The summed E-state index contributed by atoms with van der Waals surface area (Å²) in [5.41, 5.74) is 5.65. The molecule has 0 saturated carbocycles. The molecule has 0 unspecified atom stereocenters. The SMILES string of the molecule is CC(C)(O)/C(N)=C/C(=N)Nc1cc2ncccc2c(N[C@@H]2C[C@H]3CC[C@@H](C2)N3CCC#N)n1. The molecule has 33 heavy (non-hydrogen) atoms. The van der Waals surface area contributed by atoms with Gasteiger partial charge in [-0.3, -0.25) is 15.3 Å². The lowest BCUT2D eigenvalue weighted by Gasteiger charge is -2.39. The summed E-state index contributed by atoms with van der Waals surface area (Å²) in [7, 11) is 0. The van der Waals surface area contributed by atoms with Crippen LogP contribution in [0, 0.1) is 16.7 Å². The predicted molar refractivity (Wildman–Crippen MR) is 130 cm³/mol. The van der Waals surface area contributed by atoms with E-state index in [2.05, 4.69) is 26.6 Å². The maximum Gasteiger partial charge on any atom is 0.138 e. The lowest BCUT2D eigenvalue weighted by molar-refractivity contribution is 0.118. The first kappa shape index (κ1) is 23.0. The number of hydrogen-bond acceptors (Lipinski definition) is 8. The Kier molecular flexibility index (Phi) is 6.49. The van der Waals surface area contributed by atoms with Gasteiger partial charge in [-0.2, -0.15) is 5.26 Å². The minimum Gasteiger partial charge on any atom is -0.400 e. The summed E-state index contributed by atoms with van der Waals surface area (Å²) in [4.78, 5) is 11.7. The van der Waals surface area contributed by atoms with Gasteiger partial charge in [0.1, 0.15) is 17.5 Å². The molecule has 6 N–H and O–H groups in total. The Morgan fingerprint density at radius 3 is 2.79 bits per heavy atom. The Hall–Kier alpha value is -3.22. The first-order valence-electron chi connectivity index (χ1n) is 11.4. The van der Waals surface area contributed by atoms with Gasteiger partial charge in [-0.15, -0.1) is 0 Å². The Labute approximate surface area is 194 Å². The molecule has 0 radical (unpaired) electrons. The second kappa shape index (κ2) is 9.33. The molecule has 9 heteroatoms. The normalized spacial score (nSPS) is 23.3. The van der Waals surface area contributed by atoms with Crippen LogP contribution in [0.5, 0.6) is 0 Å². The zero-order valence-corrected chi connectivity index (χ0v) is 19.2. The molecule has 2 aromatic heterocycles. The van der Waals surface area contributed by atoms with Gasteiger partial charge in [0.15, 0.2) is 0 Å². The third kappa shape index (κ3) is 5.24. The van der Waals surface area contributed by atoms with Gasteiger partial charge in [0, 0.05) is 60.5 Å². The zero-order chi connectivity index (χ0) is 23.6. The fraction of sp³-hybridized carbons (Fsp3) is 0.500. The van der Waals surface area contributed by atoms with Gasteiger partial charge >= 0.3 is 0 Å². The number of rotatable bonds is 7. The monoisotopic (exact) mass is 448 g/mol. The second-order valence-corrected chi connectivity index (χ2v) is 9.47. The van der Waals surface area contributed by atoms with Crippen molar-refractivity contribution in [3.05, 3.63) is 36.2 Å². The number of anilines is 2. The number of nitrogens with two attached hydrogens (primary N) is 1. The molecule has 2 fully saturated rings. The van der Waals surface area contributed by atoms with Crippen LogP contribution in [-0.2, 0) is 0 Å². The van der Waals surface area contributed by atoms with Crippen LogP contribution in [0.15, 0.2) is 36.2 Å². The fourth-order valence-corrected chi connectivity index (χ4v) is 4.89. The molecular formula is C24H32N8O. The van der Waals surface area contributed by atoms with Crippen LogP contribution in [0.4, 0.5) is 11.6 Å². The molecule has 0 aromatic carbocycles. The maximum atomic E-state index is 10.0. The van der Waals surface area contributed by atoms with E-state index in [-0.39, 0.29) is 17.6 Å². The highest BCUT2D eigenvalue weighted by Crippen LogP contribution is 2.37. The van der Waals surface area contributed by atoms with Crippen molar-refractivity contribution < 1.29 is 5.11 Å². The second-order valence-electron chi connectivity index (χ2n) is 9.47. The molecule has 174 valence electrons. The van der Waals surface area contributed by atoms with E-state index >= 15 is 0 Å². The molecule has 4 heterocycles. The van der Waals surface area contributed by atoms with E-state index in [4.69, 9.17) is 21.4 Å². The maximum absolute atomic E-state index is 10.0. The van der Waals surface area contributed by atoms with Gasteiger partial charge in [0.2, 0.25) is 0 Å². The van der Waals surface area contributed by atoms with Crippen molar-refractivity contribution in [3.63, 3.8) is 0 Å². The van der Waals surface area contributed by atoms with E-state index in [1.54, 1.807) is 26.1 Å². The molecule has 0 spiro atoms. The van der Waals surface area contributed by atoms with Gasteiger partial charge in [-0.25, -0.2) is 4.98 Å². The summed E-state index contributed by atoms with van der Waals surface area (Å²) >= 11 is 0.